The highest BCUT2D eigenvalue weighted by Crippen LogP contribution is 2.18. The second kappa shape index (κ2) is 5.77. The number of halogens is 1. The number of anilines is 1. The predicted molar refractivity (Wildman–Crippen MR) is 76.1 cm³/mol. The quantitative estimate of drug-likeness (QED) is 0.693. The van der Waals surface area contributed by atoms with Gasteiger partial charge in [-0.3, -0.25) is 4.72 Å². The molecular weight excluding hydrogens is 306 g/mol. The predicted octanol–water partition coefficient (Wildman–Crippen LogP) is 2.65. The number of hydrogen-bond acceptors (Lipinski definition) is 5. The van der Waals surface area contributed by atoms with Crippen LogP contribution in [-0.2, 0) is 10.0 Å². The lowest BCUT2D eigenvalue weighted by Gasteiger charge is -2.07. The number of nitrogens with one attached hydrogen (secondary N) is 1. The highest BCUT2D eigenvalue weighted by Gasteiger charge is 2.14. The van der Waals surface area contributed by atoms with Gasteiger partial charge in [0.1, 0.15) is 10.0 Å². The molecule has 8 heteroatoms. The van der Waals surface area contributed by atoms with E-state index in [9.17, 15) is 8.42 Å². The molecule has 2 aromatic rings. The zero-order valence-electron chi connectivity index (χ0n) is 9.87. The van der Waals surface area contributed by atoms with Crippen molar-refractivity contribution in [3.63, 3.8) is 0 Å². The lowest BCUT2D eigenvalue weighted by Crippen LogP contribution is -2.13. The van der Waals surface area contributed by atoms with Crippen molar-refractivity contribution in [1.29, 1.82) is 0 Å². The average molecular weight is 316 g/mol. The third kappa shape index (κ3) is 3.59. The zero-order valence-corrected chi connectivity index (χ0v) is 12.3. The van der Waals surface area contributed by atoms with Gasteiger partial charge < -0.3 is 0 Å². The molecule has 0 aliphatic rings. The standard InChI is InChI=1S/C11H10ClN3O2S2/c1-18-11-5-2-8(6-14-11)15-19(16,17)9-3-4-10(12)13-7-9/h2-7,15H,1H3. The van der Waals surface area contributed by atoms with E-state index in [0.717, 1.165) is 5.03 Å². The number of aromatic nitrogens is 2. The van der Waals surface area contributed by atoms with Gasteiger partial charge in [0.2, 0.25) is 0 Å². The molecule has 2 heterocycles. The number of pyridine rings is 2. The summed E-state index contributed by atoms with van der Waals surface area (Å²) in [5, 5.41) is 1.06. The third-order valence-electron chi connectivity index (χ3n) is 2.21. The minimum absolute atomic E-state index is 0.0471. The van der Waals surface area contributed by atoms with Gasteiger partial charge in [-0.2, -0.15) is 0 Å². The highest BCUT2D eigenvalue weighted by molar-refractivity contribution is 7.98. The van der Waals surface area contributed by atoms with Crippen molar-refractivity contribution < 1.29 is 8.42 Å². The van der Waals surface area contributed by atoms with Gasteiger partial charge in [-0.05, 0) is 30.5 Å². The van der Waals surface area contributed by atoms with Crippen molar-refractivity contribution in [2.75, 3.05) is 11.0 Å². The second-order valence-electron chi connectivity index (χ2n) is 3.51. The molecule has 19 heavy (non-hydrogen) atoms. The molecule has 0 spiro atoms. The van der Waals surface area contributed by atoms with Crippen molar-refractivity contribution in [2.24, 2.45) is 0 Å². The maximum Gasteiger partial charge on any atom is 0.263 e. The van der Waals surface area contributed by atoms with Crippen molar-refractivity contribution in [2.45, 2.75) is 9.92 Å². The SMILES string of the molecule is CSc1ccc(NS(=O)(=O)c2ccc(Cl)nc2)cn1. The van der Waals surface area contributed by atoms with Gasteiger partial charge in [0.15, 0.2) is 0 Å². The largest absolute Gasteiger partial charge is 0.278 e. The summed E-state index contributed by atoms with van der Waals surface area (Å²) in [5.74, 6) is 0. The van der Waals surface area contributed by atoms with Crippen LogP contribution >= 0.6 is 23.4 Å². The van der Waals surface area contributed by atoms with Crippen LogP contribution in [-0.4, -0.2) is 24.6 Å². The Labute approximate surface area is 120 Å². The van der Waals surface area contributed by atoms with E-state index in [-0.39, 0.29) is 10.0 Å². The number of sulfonamides is 1. The van der Waals surface area contributed by atoms with Crippen LogP contribution in [0.1, 0.15) is 0 Å². The molecule has 2 aromatic heterocycles. The van der Waals surface area contributed by atoms with Crippen LogP contribution in [0.2, 0.25) is 5.15 Å². The maximum absolute atomic E-state index is 12.0. The minimum atomic E-state index is -3.67. The second-order valence-corrected chi connectivity index (χ2v) is 6.41. The molecule has 0 aliphatic carbocycles. The van der Waals surface area contributed by atoms with Gasteiger partial charge in [0.05, 0.1) is 16.9 Å². The first-order chi connectivity index (χ1) is 9.01. The summed E-state index contributed by atoms with van der Waals surface area (Å²) in [5.41, 5.74) is 0.396. The van der Waals surface area contributed by atoms with E-state index in [4.69, 9.17) is 11.6 Å². The first kappa shape index (κ1) is 14.1. The Morgan fingerprint density at radius 2 is 1.95 bits per heavy atom. The molecule has 2 rings (SSSR count). The van der Waals surface area contributed by atoms with E-state index in [1.807, 2.05) is 6.26 Å². The Hall–Kier alpha value is -1.31. The van der Waals surface area contributed by atoms with E-state index >= 15 is 0 Å². The first-order valence-corrected chi connectivity index (χ1v) is 8.24. The van der Waals surface area contributed by atoms with E-state index < -0.39 is 10.0 Å². The fraction of sp³-hybridized carbons (Fsp3) is 0.0909. The Balaban J connectivity index is 2.23. The lowest BCUT2D eigenvalue weighted by atomic mass is 10.4. The van der Waals surface area contributed by atoms with Crippen molar-refractivity contribution in [1.82, 2.24) is 9.97 Å². The Morgan fingerprint density at radius 3 is 2.47 bits per heavy atom. The monoisotopic (exact) mass is 315 g/mol. The Morgan fingerprint density at radius 1 is 1.16 bits per heavy atom. The molecule has 1 N–H and O–H groups in total. The van der Waals surface area contributed by atoms with Gasteiger partial charge in [-0.1, -0.05) is 11.6 Å². The van der Waals surface area contributed by atoms with Crippen LogP contribution in [0.25, 0.3) is 0 Å². The Bertz CT molecular complexity index is 657. The van der Waals surface area contributed by atoms with Gasteiger partial charge in [0, 0.05) is 6.20 Å². The van der Waals surface area contributed by atoms with E-state index in [1.54, 1.807) is 12.1 Å². The molecule has 0 bridgehead atoms. The van der Waals surface area contributed by atoms with Crippen LogP contribution in [0.5, 0.6) is 0 Å². The fourth-order valence-corrected chi connectivity index (χ4v) is 2.76. The van der Waals surface area contributed by atoms with Crippen LogP contribution in [0, 0.1) is 0 Å². The third-order valence-corrected chi connectivity index (χ3v) is 4.46. The molecule has 0 aliphatic heterocycles. The first-order valence-electron chi connectivity index (χ1n) is 5.16. The number of hydrogen-bond donors (Lipinski definition) is 1. The van der Waals surface area contributed by atoms with E-state index in [2.05, 4.69) is 14.7 Å². The number of nitrogens with zero attached hydrogens (tertiary/aromatic N) is 2. The van der Waals surface area contributed by atoms with E-state index in [0.29, 0.717) is 5.69 Å². The van der Waals surface area contributed by atoms with Crippen LogP contribution in [0.3, 0.4) is 0 Å². The van der Waals surface area contributed by atoms with Gasteiger partial charge in [0.25, 0.3) is 10.0 Å². The van der Waals surface area contributed by atoms with Crippen molar-refractivity contribution in [3.8, 4) is 0 Å². The summed E-state index contributed by atoms with van der Waals surface area (Å²) < 4.78 is 26.5. The fourth-order valence-electron chi connectivity index (χ4n) is 1.30. The molecule has 0 fully saturated rings. The summed E-state index contributed by atoms with van der Waals surface area (Å²) in [4.78, 5) is 7.88. The molecule has 0 aromatic carbocycles. The topological polar surface area (TPSA) is 72.0 Å². The average Bonchev–Trinajstić information content (AvgIpc) is 2.40. The normalized spacial score (nSPS) is 11.3. The highest BCUT2D eigenvalue weighted by atomic mass is 35.5. The van der Waals surface area contributed by atoms with Gasteiger partial charge >= 0.3 is 0 Å². The summed E-state index contributed by atoms with van der Waals surface area (Å²) >= 11 is 7.10. The number of rotatable bonds is 4. The summed E-state index contributed by atoms with van der Waals surface area (Å²) in [6, 6.07) is 6.20. The smallest absolute Gasteiger partial charge is 0.263 e. The van der Waals surface area contributed by atoms with Gasteiger partial charge in [-0.15, -0.1) is 11.8 Å². The lowest BCUT2D eigenvalue weighted by molar-refractivity contribution is 0.601. The molecule has 0 atom stereocenters. The zero-order chi connectivity index (χ0) is 13.9. The van der Waals surface area contributed by atoms with Crippen molar-refractivity contribution >= 4 is 39.1 Å². The van der Waals surface area contributed by atoms with E-state index in [1.165, 1.54) is 36.3 Å². The molecule has 0 saturated heterocycles. The summed E-state index contributed by atoms with van der Waals surface area (Å²) in [6.07, 6.45) is 4.56. The molecule has 0 saturated carbocycles. The molecular formula is C11H10ClN3O2S2. The molecule has 100 valence electrons. The van der Waals surface area contributed by atoms with Crippen LogP contribution in [0.4, 0.5) is 5.69 Å². The van der Waals surface area contributed by atoms with Crippen LogP contribution in [0.15, 0.2) is 46.6 Å². The number of thioether (sulfide) groups is 1. The minimum Gasteiger partial charge on any atom is -0.278 e. The summed E-state index contributed by atoms with van der Waals surface area (Å²) in [6.45, 7) is 0. The molecule has 0 radical (unpaired) electrons. The maximum atomic E-state index is 12.0. The van der Waals surface area contributed by atoms with Crippen LogP contribution < -0.4 is 4.72 Å². The molecule has 0 amide bonds. The summed E-state index contributed by atoms with van der Waals surface area (Å²) in [7, 11) is -3.67. The van der Waals surface area contributed by atoms with Gasteiger partial charge in [-0.25, -0.2) is 18.4 Å². The Kier molecular flexibility index (Phi) is 4.28. The van der Waals surface area contributed by atoms with Crippen molar-refractivity contribution in [3.05, 3.63) is 41.8 Å². The molecule has 0 unspecified atom stereocenters. The molecule has 5 nitrogen and oxygen atoms in total.